The zero-order valence-electron chi connectivity index (χ0n) is 9.37. The monoisotopic (exact) mass is 204 g/mol. The fourth-order valence-electron chi connectivity index (χ4n) is 1.15. The SMILES string of the molecule is C=N/C(C)=C\Nc1ccc(C)cc1OC. The maximum absolute atomic E-state index is 5.25. The summed E-state index contributed by atoms with van der Waals surface area (Å²) in [6.45, 7) is 7.34. The molecule has 0 aliphatic carbocycles. The number of nitrogens with one attached hydrogen (secondary N) is 1. The molecule has 1 rings (SSSR count). The van der Waals surface area contributed by atoms with E-state index in [9.17, 15) is 0 Å². The molecular formula is C12H16N2O. The second kappa shape index (κ2) is 5.20. The molecule has 0 fully saturated rings. The van der Waals surface area contributed by atoms with Gasteiger partial charge in [0.1, 0.15) is 5.75 Å². The number of aryl methyl sites for hydroxylation is 1. The molecule has 1 aromatic carbocycles. The Morgan fingerprint density at radius 3 is 2.87 bits per heavy atom. The van der Waals surface area contributed by atoms with Gasteiger partial charge < -0.3 is 10.1 Å². The van der Waals surface area contributed by atoms with E-state index in [0.29, 0.717) is 0 Å². The topological polar surface area (TPSA) is 33.6 Å². The lowest BCUT2D eigenvalue weighted by atomic mass is 10.2. The molecule has 0 aliphatic rings. The summed E-state index contributed by atoms with van der Waals surface area (Å²) in [5, 5.41) is 3.12. The molecule has 0 saturated carbocycles. The van der Waals surface area contributed by atoms with Gasteiger partial charge in [-0.05, 0) is 38.3 Å². The molecule has 1 N–H and O–H groups in total. The highest BCUT2D eigenvalue weighted by atomic mass is 16.5. The smallest absolute Gasteiger partial charge is 0.142 e. The average molecular weight is 204 g/mol. The second-order valence-corrected chi connectivity index (χ2v) is 3.29. The number of aliphatic imine (C=N–C) groups is 1. The van der Waals surface area contributed by atoms with Crippen molar-refractivity contribution in [2.45, 2.75) is 13.8 Å². The molecule has 0 spiro atoms. The first kappa shape index (κ1) is 11.3. The number of hydrogen-bond acceptors (Lipinski definition) is 3. The van der Waals surface area contributed by atoms with Crippen molar-refractivity contribution in [3.63, 3.8) is 0 Å². The van der Waals surface area contributed by atoms with E-state index < -0.39 is 0 Å². The predicted molar refractivity (Wildman–Crippen MR) is 64.7 cm³/mol. The molecule has 0 amide bonds. The molecule has 3 heteroatoms. The Bertz CT molecular complexity index is 383. The molecule has 80 valence electrons. The van der Waals surface area contributed by atoms with Crippen molar-refractivity contribution in [2.75, 3.05) is 12.4 Å². The fraction of sp³-hybridized carbons (Fsp3) is 0.250. The number of hydrogen-bond donors (Lipinski definition) is 1. The van der Waals surface area contributed by atoms with Gasteiger partial charge in [-0.3, -0.25) is 4.99 Å². The third-order valence-corrected chi connectivity index (χ3v) is 2.04. The summed E-state index contributed by atoms with van der Waals surface area (Å²) in [7, 11) is 1.66. The van der Waals surface area contributed by atoms with Crippen LogP contribution in [0.25, 0.3) is 0 Å². The van der Waals surface area contributed by atoms with Gasteiger partial charge >= 0.3 is 0 Å². The van der Waals surface area contributed by atoms with Crippen molar-refractivity contribution in [1.29, 1.82) is 0 Å². The minimum absolute atomic E-state index is 0.822. The summed E-state index contributed by atoms with van der Waals surface area (Å²) in [6.07, 6.45) is 1.79. The highest BCUT2D eigenvalue weighted by molar-refractivity contribution is 5.59. The number of ether oxygens (including phenoxy) is 1. The van der Waals surface area contributed by atoms with Crippen LogP contribution in [0, 0.1) is 6.92 Å². The van der Waals surface area contributed by atoms with Crippen molar-refractivity contribution in [1.82, 2.24) is 0 Å². The Kier molecular flexibility index (Phi) is 3.92. The minimum Gasteiger partial charge on any atom is -0.495 e. The summed E-state index contributed by atoms with van der Waals surface area (Å²) >= 11 is 0. The molecule has 0 atom stereocenters. The molecule has 0 aliphatic heterocycles. The van der Waals surface area contributed by atoms with E-state index in [1.807, 2.05) is 32.0 Å². The fourth-order valence-corrected chi connectivity index (χ4v) is 1.15. The predicted octanol–water partition coefficient (Wildman–Crippen LogP) is 2.98. The van der Waals surface area contributed by atoms with E-state index in [1.165, 1.54) is 5.56 Å². The van der Waals surface area contributed by atoms with Crippen molar-refractivity contribution in [3.05, 3.63) is 35.7 Å². The van der Waals surface area contributed by atoms with E-state index in [1.54, 1.807) is 13.3 Å². The molecule has 3 nitrogen and oxygen atoms in total. The van der Waals surface area contributed by atoms with Gasteiger partial charge in [0.25, 0.3) is 0 Å². The maximum atomic E-state index is 5.25. The van der Waals surface area contributed by atoms with Gasteiger partial charge in [0.2, 0.25) is 0 Å². The van der Waals surface area contributed by atoms with Crippen LogP contribution < -0.4 is 10.1 Å². The third-order valence-electron chi connectivity index (χ3n) is 2.04. The minimum atomic E-state index is 0.822. The standard InChI is InChI=1S/C12H16N2O/c1-9-5-6-11(12(7-9)15-4)14-8-10(2)13-3/h5-8,14H,3H2,1-2,4H3/b10-8-. The molecular weight excluding hydrogens is 188 g/mol. The first-order chi connectivity index (χ1) is 7.17. The third kappa shape index (κ3) is 3.13. The van der Waals surface area contributed by atoms with Crippen LogP contribution in [0.2, 0.25) is 0 Å². The largest absolute Gasteiger partial charge is 0.495 e. The first-order valence-corrected chi connectivity index (χ1v) is 4.72. The average Bonchev–Trinajstić information content (AvgIpc) is 2.26. The van der Waals surface area contributed by atoms with Crippen LogP contribution in [0.1, 0.15) is 12.5 Å². The maximum Gasteiger partial charge on any atom is 0.142 e. The number of methoxy groups -OCH3 is 1. The van der Waals surface area contributed by atoms with Gasteiger partial charge in [-0.15, -0.1) is 0 Å². The van der Waals surface area contributed by atoms with Crippen LogP contribution in [0.4, 0.5) is 5.69 Å². The molecule has 0 bridgehead atoms. The van der Waals surface area contributed by atoms with Crippen LogP contribution in [-0.4, -0.2) is 13.8 Å². The van der Waals surface area contributed by atoms with Crippen molar-refractivity contribution < 1.29 is 4.74 Å². The molecule has 1 aromatic rings. The summed E-state index contributed by atoms with van der Waals surface area (Å²) in [6, 6.07) is 5.98. The van der Waals surface area contributed by atoms with Gasteiger partial charge in [0, 0.05) is 6.20 Å². The van der Waals surface area contributed by atoms with Gasteiger partial charge in [0.15, 0.2) is 0 Å². The van der Waals surface area contributed by atoms with Crippen LogP contribution in [0.3, 0.4) is 0 Å². The Hall–Kier alpha value is -1.77. The molecule has 0 heterocycles. The van der Waals surface area contributed by atoms with Gasteiger partial charge in [-0.25, -0.2) is 0 Å². The number of allylic oxidation sites excluding steroid dienone is 1. The molecule has 0 unspecified atom stereocenters. The first-order valence-electron chi connectivity index (χ1n) is 4.72. The second-order valence-electron chi connectivity index (χ2n) is 3.29. The molecule has 15 heavy (non-hydrogen) atoms. The van der Waals surface area contributed by atoms with Crippen molar-refractivity contribution in [3.8, 4) is 5.75 Å². The quantitative estimate of drug-likeness (QED) is 0.765. The lowest BCUT2D eigenvalue weighted by Gasteiger charge is -2.09. The number of nitrogens with zero attached hydrogens (tertiary/aromatic N) is 1. The van der Waals surface area contributed by atoms with E-state index >= 15 is 0 Å². The summed E-state index contributed by atoms with van der Waals surface area (Å²) in [4.78, 5) is 3.78. The van der Waals surface area contributed by atoms with Gasteiger partial charge in [-0.1, -0.05) is 6.07 Å². The highest BCUT2D eigenvalue weighted by Crippen LogP contribution is 2.25. The number of rotatable bonds is 4. The number of anilines is 1. The molecule has 0 saturated heterocycles. The van der Waals surface area contributed by atoms with Gasteiger partial charge in [-0.2, -0.15) is 0 Å². The summed E-state index contributed by atoms with van der Waals surface area (Å²) in [5.41, 5.74) is 2.92. The lowest BCUT2D eigenvalue weighted by molar-refractivity contribution is 0.416. The Morgan fingerprint density at radius 2 is 2.27 bits per heavy atom. The van der Waals surface area contributed by atoms with E-state index in [2.05, 4.69) is 17.0 Å². The van der Waals surface area contributed by atoms with Crippen molar-refractivity contribution >= 4 is 12.4 Å². The van der Waals surface area contributed by atoms with E-state index in [4.69, 9.17) is 4.74 Å². The zero-order valence-corrected chi connectivity index (χ0v) is 9.37. The van der Waals surface area contributed by atoms with Crippen LogP contribution >= 0.6 is 0 Å². The van der Waals surface area contributed by atoms with E-state index in [0.717, 1.165) is 17.1 Å². The van der Waals surface area contributed by atoms with Crippen LogP contribution in [-0.2, 0) is 0 Å². The van der Waals surface area contributed by atoms with Gasteiger partial charge in [0.05, 0.1) is 18.5 Å². The Balaban J connectivity index is 2.89. The highest BCUT2D eigenvalue weighted by Gasteiger charge is 2.00. The summed E-state index contributed by atoms with van der Waals surface area (Å²) in [5.74, 6) is 0.822. The van der Waals surface area contributed by atoms with E-state index in [-0.39, 0.29) is 0 Å². The lowest BCUT2D eigenvalue weighted by Crippen LogP contribution is -1.94. The number of benzene rings is 1. The molecule has 0 aromatic heterocycles. The van der Waals surface area contributed by atoms with Crippen LogP contribution in [0.15, 0.2) is 35.1 Å². The van der Waals surface area contributed by atoms with Crippen LogP contribution in [0.5, 0.6) is 5.75 Å². The normalized spacial score (nSPS) is 11.0. The Morgan fingerprint density at radius 1 is 1.53 bits per heavy atom. The Labute approximate surface area is 90.5 Å². The summed E-state index contributed by atoms with van der Waals surface area (Å²) < 4.78 is 5.25. The zero-order chi connectivity index (χ0) is 11.3. The van der Waals surface area contributed by atoms with Crippen molar-refractivity contribution in [2.24, 2.45) is 4.99 Å². The molecule has 0 radical (unpaired) electrons.